The first-order valence-electron chi connectivity index (χ1n) is 5.79. The zero-order valence-electron chi connectivity index (χ0n) is 10.1. The lowest BCUT2D eigenvalue weighted by Gasteiger charge is -2.00. The Balaban J connectivity index is 2.24. The molecule has 17 heavy (non-hydrogen) atoms. The molecule has 0 N–H and O–H groups in total. The Morgan fingerprint density at radius 3 is 2.35 bits per heavy atom. The second-order valence-electron chi connectivity index (χ2n) is 4.39. The monoisotopic (exact) mass is 223 g/mol. The van der Waals surface area contributed by atoms with Crippen molar-refractivity contribution >= 4 is 10.9 Å². The lowest BCUT2D eigenvalue weighted by atomic mass is 10.2. The van der Waals surface area contributed by atoms with Crippen molar-refractivity contribution in [3.63, 3.8) is 0 Å². The molecule has 0 aliphatic rings. The molecule has 0 saturated carbocycles. The van der Waals surface area contributed by atoms with Gasteiger partial charge in [0.15, 0.2) is 7.05 Å². The molecule has 0 spiro atoms. The van der Waals surface area contributed by atoms with Gasteiger partial charge in [-0.2, -0.15) is 0 Å². The lowest BCUT2D eigenvalue weighted by Crippen LogP contribution is -2.37. The summed E-state index contributed by atoms with van der Waals surface area (Å²) in [6.07, 6.45) is 2.17. The molecule has 3 rings (SSSR count). The molecule has 3 aromatic rings. The van der Waals surface area contributed by atoms with Crippen LogP contribution in [0.2, 0.25) is 0 Å². The zero-order valence-corrected chi connectivity index (χ0v) is 10.1. The van der Waals surface area contributed by atoms with Crippen molar-refractivity contribution in [1.82, 2.24) is 4.68 Å². The van der Waals surface area contributed by atoms with Crippen molar-refractivity contribution < 1.29 is 4.68 Å². The van der Waals surface area contributed by atoms with E-state index in [0.29, 0.717) is 0 Å². The van der Waals surface area contributed by atoms with Gasteiger partial charge < -0.3 is 0 Å². The van der Waals surface area contributed by atoms with Crippen LogP contribution in [0.1, 0.15) is 5.56 Å². The highest BCUT2D eigenvalue weighted by molar-refractivity contribution is 5.75. The van der Waals surface area contributed by atoms with Gasteiger partial charge in [-0.1, -0.05) is 29.8 Å². The summed E-state index contributed by atoms with van der Waals surface area (Å²) < 4.78 is 4.34. The van der Waals surface area contributed by atoms with Crippen LogP contribution in [-0.2, 0) is 7.05 Å². The average molecular weight is 223 g/mol. The fourth-order valence-electron chi connectivity index (χ4n) is 2.17. The van der Waals surface area contributed by atoms with Gasteiger partial charge in [-0.15, -0.1) is 9.36 Å². The maximum Gasteiger partial charge on any atom is 0.238 e. The molecule has 0 amide bonds. The number of benzene rings is 2. The minimum absolute atomic E-state index is 1.19. The van der Waals surface area contributed by atoms with E-state index in [-0.39, 0.29) is 0 Å². The van der Waals surface area contributed by atoms with Gasteiger partial charge in [-0.3, -0.25) is 0 Å². The molecule has 0 aliphatic carbocycles. The van der Waals surface area contributed by atoms with Gasteiger partial charge in [0.05, 0.1) is 11.6 Å². The van der Waals surface area contributed by atoms with Crippen LogP contribution in [-0.4, -0.2) is 4.68 Å². The zero-order chi connectivity index (χ0) is 11.8. The van der Waals surface area contributed by atoms with Crippen LogP contribution in [0.15, 0.2) is 54.7 Å². The maximum atomic E-state index is 2.17. The van der Waals surface area contributed by atoms with Gasteiger partial charge in [0, 0.05) is 6.07 Å². The van der Waals surface area contributed by atoms with Gasteiger partial charge >= 0.3 is 0 Å². The summed E-state index contributed by atoms with van der Waals surface area (Å²) in [5, 5.41) is 1.26. The molecular formula is C15H15N2+. The van der Waals surface area contributed by atoms with Crippen LogP contribution in [0.5, 0.6) is 0 Å². The number of rotatable bonds is 1. The van der Waals surface area contributed by atoms with Gasteiger partial charge in [0.25, 0.3) is 0 Å². The Morgan fingerprint density at radius 2 is 1.65 bits per heavy atom. The summed E-state index contributed by atoms with van der Waals surface area (Å²) >= 11 is 0. The number of nitrogens with zero attached hydrogens (tertiary/aromatic N) is 2. The first-order chi connectivity index (χ1) is 8.25. The van der Waals surface area contributed by atoms with E-state index in [0.717, 1.165) is 0 Å². The van der Waals surface area contributed by atoms with Crippen LogP contribution in [0.25, 0.3) is 16.6 Å². The predicted octanol–water partition coefficient (Wildman–Crippen LogP) is 2.76. The molecule has 0 aliphatic heterocycles. The summed E-state index contributed by atoms with van der Waals surface area (Å²) in [7, 11) is 2.09. The van der Waals surface area contributed by atoms with Gasteiger partial charge in [-0.05, 0) is 25.1 Å². The summed E-state index contributed by atoms with van der Waals surface area (Å²) in [6.45, 7) is 2.11. The fourth-order valence-corrected chi connectivity index (χ4v) is 2.17. The van der Waals surface area contributed by atoms with E-state index in [1.165, 1.54) is 22.2 Å². The highest BCUT2D eigenvalue weighted by Gasteiger charge is 2.13. The van der Waals surface area contributed by atoms with Crippen LogP contribution in [0, 0.1) is 6.92 Å². The van der Waals surface area contributed by atoms with Crippen LogP contribution in [0.3, 0.4) is 0 Å². The molecule has 0 atom stereocenters. The quantitative estimate of drug-likeness (QED) is 0.561. The highest BCUT2D eigenvalue weighted by Crippen LogP contribution is 2.13. The topological polar surface area (TPSA) is 8.81 Å². The van der Waals surface area contributed by atoms with E-state index in [1.54, 1.807) is 0 Å². The molecule has 0 fully saturated rings. The first kappa shape index (κ1) is 10.1. The number of fused-ring (bicyclic) bond motifs is 1. The van der Waals surface area contributed by atoms with Crippen molar-refractivity contribution in [2.45, 2.75) is 6.92 Å². The number of hydrogen-bond donors (Lipinski definition) is 0. The molecule has 0 bridgehead atoms. The summed E-state index contributed by atoms with van der Waals surface area (Å²) in [4.78, 5) is 0. The van der Waals surface area contributed by atoms with Gasteiger partial charge in [0.2, 0.25) is 5.52 Å². The van der Waals surface area contributed by atoms with Crippen molar-refractivity contribution in [2.24, 2.45) is 7.05 Å². The number of para-hydroxylation sites is 1. The Kier molecular flexibility index (Phi) is 2.22. The standard InChI is InChI=1S/C15H15N2/c1-12-7-9-14(10-8-12)17-11-13-5-3-4-6-15(13)16(17)2/h3-11H,1-2H3/q+1. The summed E-state index contributed by atoms with van der Waals surface area (Å²) in [5.74, 6) is 0. The molecule has 84 valence electrons. The largest absolute Gasteiger partial charge is 0.238 e. The van der Waals surface area contributed by atoms with E-state index >= 15 is 0 Å². The van der Waals surface area contributed by atoms with E-state index in [1.807, 2.05) is 0 Å². The third-order valence-corrected chi connectivity index (χ3v) is 3.17. The van der Waals surface area contributed by atoms with Gasteiger partial charge in [-0.25, -0.2) is 0 Å². The summed E-state index contributed by atoms with van der Waals surface area (Å²) in [6, 6.07) is 17.0. The SMILES string of the molecule is Cc1ccc(-n2cc3ccccc3[n+]2C)cc1. The lowest BCUT2D eigenvalue weighted by molar-refractivity contribution is -0.720. The van der Waals surface area contributed by atoms with Crippen molar-refractivity contribution in [1.29, 1.82) is 0 Å². The molecule has 2 heteroatoms. The molecule has 1 aromatic heterocycles. The predicted molar refractivity (Wildman–Crippen MR) is 69.2 cm³/mol. The van der Waals surface area contributed by atoms with Gasteiger partial charge in [0.1, 0.15) is 5.69 Å². The molecule has 1 heterocycles. The number of aromatic nitrogens is 2. The smallest absolute Gasteiger partial charge is 0.128 e. The molecule has 2 aromatic carbocycles. The Morgan fingerprint density at radius 1 is 0.941 bits per heavy atom. The molecule has 0 radical (unpaired) electrons. The highest BCUT2D eigenvalue weighted by atomic mass is 15.4. The molecule has 2 nitrogen and oxygen atoms in total. The van der Waals surface area contributed by atoms with E-state index in [2.05, 4.69) is 78.1 Å². The van der Waals surface area contributed by atoms with Crippen molar-refractivity contribution in [2.75, 3.05) is 0 Å². The summed E-state index contributed by atoms with van der Waals surface area (Å²) in [5.41, 5.74) is 3.72. The van der Waals surface area contributed by atoms with Crippen LogP contribution < -0.4 is 4.68 Å². The minimum Gasteiger partial charge on any atom is -0.128 e. The average Bonchev–Trinajstić information content (AvgIpc) is 2.69. The first-order valence-corrected chi connectivity index (χ1v) is 5.79. The number of hydrogen-bond acceptors (Lipinski definition) is 0. The van der Waals surface area contributed by atoms with Crippen molar-refractivity contribution in [3.8, 4) is 5.69 Å². The third-order valence-electron chi connectivity index (χ3n) is 3.17. The normalized spacial score (nSPS) is 10.9. The second kappa shape index (κ2) is 3.74. The van der Waals surface area contributed by atoms with Crippen molar-refractivity contribution in [3.05, 3.63) is 60.3 Å². The van der Waals surface area contributed by atoms with Crippen LogP contribution >= 0.6 is 0 Å². The number of aryl methyl sites for hydroxylation is 2. The second-order valence-corrected chi connectivity index (χ2v) is 4.39. The molecular weight excluding hydrogens is 208 g/mol. The Labute approximate surface area is 101 Å². The minimum atomic E-state index is 1.19. The van der Waals surface area contributed by atoms with Crippen LogP contribution in [0.4, 0.5) is 0 Å². The van der Waals surface area contributed by atoms with E-state index < -0.39 is 0 Å². The van der Waals surface area contributed by atoms with E-state index in [9.17, 15) is 0 Å². The Bertz CT molecular complexity index is 663. The Hall–Kier alpha value is -2.09. The molecule has 0 unspecified atom stereocenters. The molecule has 0 saturated heterocycles. The van der Waals surface area contributed by atoms with E-state index in [4.69, 9.17) is 0 Å². The maximum absolute atomic E-state index is 2.17. The third kappa shape index (κ3) is 1.62. The fraction of sp³-hybridized carbons (Fsp3) is 0.133.